The first kappa shape index (κ1) is 12.1. The predicted molar refractivity (Wildman–Crippen MR) is 66.1 cm³/mol. The summed E-state index contributed by atoms with van der Waals surface area (Å²) in [6, 6.07) is 7.69. The molecule has 92 valence electrons. The molecule has 0 radical (unpaired) electrons. The molecule has 0 saturated carbocycles. The van der Waals surface area contributed by atoms with Gasteiger partial charge in [0, 0.05) is 32.2 Å². The normalized spacial score (nSPS) is 21.4. The van der Waals surface area contributed by atoms with Crippen molar-refractivity contribution < 1.29 is 9.90 Å². The third kappa shape index (κ3) is 2.84. The zero-order chi connectivity index (χ0) is 12.3. The minimum Gasteiger partial charge on any atom is -0.478 e. The summed E-state index contributed by atoms with van der Waals surface area (Å²) >= 11 is 0. The van der Waals surface area contributed by atoms with Crippen molar-refractivity contribution in [3.63, 3.8) is 0 Å². The fourth-order valence-corrected chi connectivity index (χ4v) is 2.20. The second kappa shape index (κ2) is 5.29. The van der Waals surface area contributed by atoms with E-state index in [0.29, 0.717) is 18.2 Å². The molecule has 1 atom stereocenters. The lowest BCUT2D eigenvalue weighted by atomic mass is 10.1. The molecule has 1 aliphatic rings. The van der Waals surface area contributed by atoms with Gasteiger partial charge in [-0.3, -0.25) is 4.90 Å². The number of hydrogen-bond donors (Lipinski definition) is 2. The molecular formula is C13H18N2O2. The van der Waals surface area contributed by atoms with Crippen molar-refractivity contribution in [2.75, 3.05) is 19.6 Å². The van der Waals surface area contributed by atoms with Crippen LogP contribution in [-0.4, -0.2) is 41.7 Å². The predicted octanol–water partition coefficient (Wildman–Crippen LogP) is 1.18. The van der Waals surface area contributed by atoms with Gasteiger partial charge in [-0.15, -0.1) is 0 Å². The highest BCUT2D eigenvalue weighted by Gasteiger charge is 2.19. The molecule has 1 aliphatic heterocycles. The molecule has 0 amide bonds. The number of hydrogen-bond acceptors (Lipinski definition) is 3. The van der Waals surface area contributed by atoms with Crippen LogP contribution in [0, 0.1) is 0 Å². The first-order valence-corrected chi connectivity index (χ1v) is 5.94. The van der Waals surface area contributed by atoms with Gasteiger partial charge in [0.05, 0.1) is 5.56 Å². The quantitative estimate of drug-likeness (QED) is 0.824. The number of rotatable bonds is 3. The Hall–Kier alpha value is -1.39. The number of nitrogens with zero attached hydrogens (tertiary/aromatic N) is 1. The number of benzene rings is 1. The van der Waals surface area contributed by atoms with E-state index in [1.807, 2.05) is 12.1 Å². The van der Waals surface area contributed by atoms with Gasteiger partial charge >= 0.3 is 5.97 Å². The number of piperazine rings is 1. The summed E-state index contributed by atoms with van der Waals surface area (Å²) < 4.78 is 0. The monoisotopic (exact) mass is 234 g/mol. The molecule has 1 saturated heterocycles. The second-order valence-corrected chi connectivity index (χ2v) is 4.49. The fraction of sp³-hybridized carbons (Fsp3) is 0.462. The summed E-state index contributed by atoms with van der Waals surface area (Å²) in [5.41, 5.74) is 1.31. The van der Waals surface area contributed by atoms with Crippen LogP contribution < -0.4 is 5.32 Å². The molecular weight excluding hydrogens is 216 g/mol. The van der Waals surface area contributed by atoms with Crippen molar-refractivity contribution in [2.24, 2.45) is 0 Å². The van der Waals surface area contributed by atoms with Gasteiger partial charge in [-0.05, 0) is 18.6 Å². The van der Waals surface area contributed by atoms with E-state index in [-0.39, 0.29) is 0 Å². The van der Waals surface area contributed by atoms with Gasteiger partial charge in [-0.25, -0.2) is 4.79 Å². The van der Waals surface area contributed by atoms with Crippen LogP contribution in [0.1, 0.15) is 22.8 Å². The maximum absolute atomic E-state index is 11.1. The third-order valence-corrected chi connectivity index (χ3v) is 3.26. The molecule has 4 heteroatoms. The highest BCUT2D eigenvalue weighted by Crippen LogP contribution is 2.14. The molecule has 2 N–H and O–H groups in total. The molecule has 1 fully saturated rings. The summed E-state index contributed by atoms with van der Waals surface area (Å²) in [5.74, 6) is -0.844. The zero-order valence-electron chi connectivity index (χ0n) is 10.0. The van der Waals surface area contributed by atoms with Gasteiger partial charge < -0.3 is 10.4 Å². The maximum Gasteiger partial charge on any atom is 0.336 e. The van der Waals surface area contributed by atoms with E-state index in [9.17, 15) is 4.79 Å². The van der Waals surface area contributed by atoms with E-state index in [2.05, 4.69) is 17.1 Å². The van der Waals surface area contributed by atoms with Gasteiger partial charge in [-0.2, -0.15) is 0 Å². The van der Waals surface area contributed by atoms with E-state index in [1.165, 1.54) is 0 Å². The van der Waals surface area contributed by atoms with Crippen molar-refractivity contribution >= 4 is 5.97 Å². The number of aromatic carboxylic acids is 1. The molecule has 1 aromatic carbocycles. The smallest absolute Gasteiger partial charge is 0.336 e. The summed E-state index contributed by atoms with van der Waals surface area (Å²) in [6.45, 7) is 5.78. The van der Waals surface area contributed by atoms with E-state index < -0.39 is 5.97 Å². The molecule has 0 aliphatic carbocycles. The van der Waals surface area contributed by atoms with Crippen molar-refractivity contribution in [1.29, 1.82) is 0 Å². The van der Waals surface area contributed by atoms with E-state index >= 15 is 0 Å². The lowest BCUT2D eigenvalue weighted by Crippen LogP contribution is -2.49. The van der Waals surface area contributed by atoms with Gasteiger partial charge in [-0.1, -0.05) is 18.2 Å². The Kier molecular flexibility index (Phi) is 3.76. The van der Waals surface area contributed by atoms with E-state index in [1.54, 1.807) is 12.1 Å². The standard InChI is InChI=1S/C13H18N2O2/c1-10-8-14-6-7-15(10)9-11-4-2-3-5-12(11)13(16)17/h2-5,10,14H,6-9H2,1H3,(H,16,17)/t10-/m0/s1. The third-order valence-electron chi connectivity index (χ3n) is 3.26. The number of carboxylic acid groups (broad SMARTS) is 1. The minimum absolute atomic E-state index is 0.415. The topological polar surface area (TPSA) is 52.6 Å². The summed E-state index contributed by atoms with van der Waals surface area (Å²) in [5, 5.41) is 12.5. The molecule has 17 heavy (non-hydrogen) atoms. The van der Waals surface area contributed by atoms with Crippen LogP contribution in [0.5, 0.6) is 0 Å². The molecule has 0 spiro atoms. The summed E-state index contributed by atoms with van der Waals surface area (Å²) in [7, 11) is 0. The number of nitrogens with one attached hydrogen (secondary N) is 1. The molecule has 0 unspecified atom stereocenters. The zero-order valence-corrected chi connectivity index (χ0v) is 10.0. The van der Waals surface area contributed by atoms with Gasteiger partial charge in [0.25, 0.3) is 0 Å². The maximum atomic E-state index is 11.1. The molecule has 0 aromatic heterocycles. The lowest BCUT2D eigenvalue weighted by molar-refractivity contribution is 0.0693. The Morgan fingerprint density at radius 3 is 3.00 bits per heavy atom. The Bertz CT molecular complexity index is 406. The highest BCUT2D eigenvalue weighted by molar-refractivity contribution is 5.89. The van der Waals surface area contributed by atoms with Crippen LogP contribution in [0.25, 0.3) is 0 Å². The molecule has 2 rings (SSSR count). The van der Waals surface area contributed by atoms with Crippen LogP contribution in [0.4, 0.5) is 0 Å². The van der Waals surface area contributed by atoms with Crippen molar-refractivity contribution in [3.8, 4) is 0 Å². The summed E-state index contributed by atoms with van der Waals surface area (Å²) in [4.78, 5) is 13.4. The minimum atomic E-state index is -0.844. The molecule has 1 aromatic rings. The highest BCUT2D eigenvalue weighted by atomic mass is 16.4. The van der Waals surface area contributed by atoms with Gasteiger partial charge in [0.1, 0.15) is 0 Å². The second-order valence-electron chi connectivity index (χ2n) is 4.49. The van der Waals surface area contributed by atoms with Crippen LogP contribution in [0.15, 0.2) is 24.3 Å². The Morgan fingerprint density at radius 1 is 1.53 bits per heavy atom. The van der Waals surface area contributed by atoms with Crippen LogP contribution >= 0.6 is 0 Å². The van der Waals surface area contributed by atoms with Crippen molar-refractivity contribution in [3.05, 3.63) is 35.4 Å². The van der Waals surface area contributed by atoms with E-state index in [4.69, 9.17) is 5.11 Å². The fourth-order valence-electron chi connectivity index (χ4n) is 2.20. The average Bonchev–Trinajstić information content (AvgIpc) is 2.32. The van der Waals surface area contributed by atoms with Crippen LogP contribution in [0.2, 0.25) is 0 Å². The van der Waals surface area contributed by atoms with Crippen LogP contribution in [0.3, 0.4) is 0 Å². The average molecular weight is 234 g/mol. The summed E-state index contributed by atoms with van der Waals surface area (Å²) in [6.07, 6.45) is 0. The first-order chi connectivity index (χ1) is 8.18. The molecule has 4 nitrogen and oxygen atoms in total. The largest absolute Gasteiger partial charge is 0.478 e. The van der Waals surface area contributed by atoms with Crippen LogP contribution in [-0.2, 0) is 6.54 Å². The first-order valence-electron chi connectivity index (χ1n) is 5.94. The van der Waals surface area contributed by atoms with Crippen molar-refractivity contribution in [1.82, 2.24) is 10.2 Å². The number of carbonyl (C=O) groups is 1. The Balaban J connectivity index is 2.14. The molecule has 1 heterocycles. The Labute approximate surface area is 101 Å². The van der Waals surface area contributed by atoms with E-state index in [0.717, 1.165) is 25.2 Å². The van der Waals surface area contributed by atoms with Crippen molar-refractivity contribution in [2.45, 2.75) is 19.5 Å². The molecule has 0 bridgehead atoms. The lowest BCUT2D eigenvalue weighted by Gasteiger charge is -2.34. The SMILES string of the molecule is C[C@H]1CNCCN1Cc1ccccc1C(=O)O. The Morgan fingerprint density at radius 2 is 2.29 bits per heavy atom. The van der Waals surface area contributed by atoms with Gasteiger partial charge in [0.15, 0.2) is 0 Å². The number of carboxylic acids is 1. The van der Waals surface area contributed by atoms with Gasteiger partial charge in [0.2, 0.25) is 0 Å².